The number of carbonyl (C=O) groups is 1. The van der Waals surface area contributed by atoms with Gasteiger partial charge in [0.05, 0.1) is 31.2 Å². The summed E-state index contributed by atoms with van der Waals surface area (Å²) >= 11 is 0. The number of methoxy groups -OCH3 is 1. The Hall–Kier alpha value is -2.35. The highest BCUT2D eigenvalue weighted by molar-refractivity contribution is 5.77. The fraction of sp³-hybridized carbons (Fsp3) is 0.611. The Morgan fingerprint density at radius 1 is 1.27 bits per heavy atom. The fourth-order valence-corrected chi connectivity index (χ4v) is 3.76. The van der Waals surface area contributed by atoms with Gasteiger partial charge in [0.2, 0.25) is 0 Å². The van der Waals surface area contributed by atoms with Crippen LogP contribution in [-0.2, 0) is 14.3 Å². The van der Waals surface area contributed by atoms with E-state index in [0.29, 0.717) is 37.7 Å². The van der Waals surface area contributed by atoms with Gasteiger partial charge in [0.25, 0.3) is 0 Å². The lowest BCUT2D eigenvalue weighted by Crippen LogP contribution is -2.36. The largest absolute Gasteiger partial charge is 0.469 e. The van der Waals surface area contributed by atoms with E-state index in [-0.39, 0.29) is 28.5 Å². The van der Waals surface area contributed by atoms with E-state index in [1.54, 1.807) is 12.1 Å². The molecule has 0 unspecified atom stereocenters. The number of para-hydroxylation sites is 1. The molecular weight excluding hydrogens is 338 g/mol. The van der Waals surface area contributed by atoms with Crippen LogP contribution in [0.15, 0.2) is 18.2 Å². The minimum absolute atomic E-state index is 0.0623. The van der Waals surface area contributed by atoms with Crippen LogP contribution in [0.5, 0.6) is 0 Å². The lowest BCUT2D eigenvalue weighted by molar-refractivity contribution is -0.383. The number of nitro groups is 1. The Morgan fingerprint density at radius 2 is 1.96 bits per heavy atom. The molecule has 1 aromatic carbocycles. The van der Waals surface area contributed by atoms with Gasteiger partial charge in [-0.15, -0.1) is 0 Å². The summed E-state index contributed by atoms with van der Waals surface area (Å²) in [4.78, 5) is 25.1. The maximum absolute atomic E-state index is 11.8. The summed E-state index contributed by atoms with van der Waals surface area (Å²) < 4.78 is 10.2. The van der Waals surface area contributed by atoms with E-state index < -0.39 is 0 Å². The van der Waals surface area contributed by atoms with Crippen molar-refractivity contribution < 1.29 is 19.2 Å². The number of nitro benzene ring substituents is 1. The van der Waals surface area contributed by atoms with E-state index in [2.05, 4.69) is 5.32 Å². The first-order valence-corrected chi connectivity index (χ1v) is 9.04. The van der Waals surface area contributed by atoms with Crippen LogP contribution < -0.4 is 10.2 Å². The SMILES string of the molecule is COC(=O)[C@H]1CC[C@@H](Nc2cccc(N3CCOCC3)c2[N+](=O)[O-])CC1. The number of morpholine rings is 1. The normalized spacial score (nSPS) is 23.3. The summed E-state index contributed by atoms with van der Waals surface area (Å²) in [6.07, 6.45) is 3.06. The number of esters is 1. The summed E-state index contributed by atoms with van der Waals surface area (Å²) in [7, 11) is 1.41. The molecule has 1 heterocycles. The van der Waals surface area contributed by atoms with Gasteiger partial charge in [-0.2, -0.15) is 0 Å². The van der Waals surface area contributed by atoms with Crippen LogP contribution >= 0.6 is 0 Å². The van der Waals surface area contributed by atoms with Gasteiger partial charge in [0.1, 0.15) is 11.4 Å². The molecule has 1 saturated heterocycles. The van der Waals surface area contributed by atoms with Gasteiger partial charge in [-0.3, -0.25) is 14.9 Å². The molecule has 142 valence electrons. The van der Waals surface area contributed by atoms with Crippen LogP contribution in [0.4, 0.5) is 17.1 Å². The maximum atomic E-state index is 11.8. The molecule has 1 aliphatic carbocycles. The Kier molecular flexibility index (Phi) is 5.92. The van der Waals surface area contributed by atoms with Gasteiger partial charge in [-0.1, -0.05) is 6.07 Å². The number of anilines is 2. The molecule has 8 heteroatoms. The van der Waals surface area contributed by atoms with E-state index in [9.17, 15) is 14.9 Å². The van der Waals surface area contributed by atoms with Crippen molar-refractivity contribution in [3.63, 3.8) is 0 Å². The third-order valence-electron chi connectivity index (χ3n) is 5.17. The summed E-state index contributed by atoms with van der Waals surface area (Å²) in [5, 5.41) is 15.1. The Labute approximate surface area is 152 Å². The lowest BCUT2D eigenvalue weighted by Gasteiger charge is -2.30. The molecule has 2 fully saturated rings. The molecule has 1 aliphatic heterocycles. The third kappa shape index (κ3) is 4.07. The molecule has 0 radical (unpaired) electrons. The summed E-state index contributed by atoms with van der Waals surface area (Å²) in [6, 6.07) is 5.52. The summed E-state index contributed by atoms with van der Waals surface area (Å²) in [5.41, 5.74) is 1.29. The van der Waals surface area contributed by atoms with Crippen molar-refractivity contribution >= 4 is 23.0 Å². The molecule has 2 aliphatic rings. The van der Waals surface area contributed by atoms with Crippen LogP contribution in [0.2, 0.25) is 0 Å². The van der Waals surface area contributed by atoms with E-state index >= 15 is 0 Å². The molecule has 1 N–H and O–H groups in total. The number of nitrogens with one attached hydrogen (secondary N) is 1. The van der Waals surface area contributed by atoms with Gasteiger partial charge in [-0.25, -0.2) is 0 Å². The van der Waals surface area contributed by atoms with Crippen molar-refractivity contribution in [2.24, 2.45) is 5.92 Å². The van der Waals surface area contributed by atoms with E-state index in [1.807, 2.05) is 11.0 Å². The highest BCUT2D eigenvalue weighted by atomic mass is 16.6. The molecule has 0 bridgehead atoms. The van der Waals surface area contributed by atoms with Crippen molar-refractivity contribution in [3.05, 3.63) is 28.3 Å². The Bertz CT molecular complexity index is 652. The second-order valence-corrected chi connectivity index (χ2v) is 6.75. The fourth-order valence-electron chi connectivity index (χ4n) is 3.76. The van der Waals surface area contributed by atoms with Crippen LogP contribution in [0.25, 0.3) is 0 Å². The molecule has 1 aromatic rings. The molecule has 0 atom stereocenters. The van der Waals surface area contributed by atoms with Crippen molar-refractivity contribution in [3.8, 4) is 0 Å². The van der Waals surface area contributed by atoms with Gasteiger partial charge < -0.3 is 19.7 Å². The minimum Gasteiger partial charge on any atom is -0.469 e. The number of carbonyl (C=O) groups excluding carboxylic acids is 1. The standard InChI is InChI=1S/C18H25N3O5/c1-25-18(22)13-5-7-14(8-6-13)19-15-3-2-4-16(17(15)21(23)24)20-9-11-26-12-10-20/h2-4,13-14,19H,5-12H2,1H3/t13-,14+. The first kappa shape index (κ1) is 18.4. The predicted octanol–water partition coefficient (Wildman–Crippen LogP) is 2.58. The van der Waals surface area contributed by atoms with Gasteiger partial charge in [-0.05, 0) is 37.8 Å². The Balaban J connectivity index is 1.74. The van der Waals surface area contributed by atoms with Crippen molar-refractivity contribution in [2.75, 3.05) is 43.6 Å². The van der Waals surface area contributed by atoms with Gasteiger partial charge in [0.15, 0.2) is 0 Å². The smallest absolute Gasteiger partial charge is 0.315 e. The number of nitrogens with zero attached hydrogens (tertiary/aromatic N) is 2. The van der Waals surface area contributed by atoms with Crippen LogP contribution in [-0.4, -0.2) is 50.3 Å². The zero-order chi connectivity index (χ0) is 18.5. The minimum atomic E-state index is -0.312. The van der Waals surface area contributed by atoms with Crippen molar-refractivity contribution in [1.82, 2.24) is 0 Å². The summed E-state index contributed by atoms with van der Waals surface area (Å²) in [6.45, 7) is 2.45. The van der Waals surface area contributed by atoms with Crippen LogP contribution in [0, 0.1) is 16.0 Å². The molecule has 1 saturated carbocycles. The Morgan fingerprint density at radius 3 is 2.58 bits per heavy atom. The van der Waals surface area contributed by atoms with Gasteiger partial charge in [0, 0.05) is 19.1 Å². The number of ether oxygens (including phenoxy) is 2. The highest BCUT2D eigenvalue weighted by Gasteiger charge is 2.30. The van der Waals surface area contributed by atoms with Crippen LogP contribution in [0.1, 0.15) is 25.7 Å². The molecule has 8 nitrogen and oxygen atoms in total. The molecule has 0 amide bonds. The second-order valence-electron chi connectivity index (χ2n) is 6.75. The van der Waals surface area contributed by atoms with Gasteiger partial charge >= 0.3 is 11.7 Å². The quantitative estimate of drug-likeness (QED) is 0.488. The lowest BCUT2D eigenvalue weighted by atomic mass is 9.86. The molecule has 0 aromatic heterocycles. The van der Waals surface area contributed by atoms with Crippen molar-refractivity contribution in [2.45, 2.75) is 31.7 Å². The zero-order valence-corrected chi connectivity index (χ0v) is 15.0. The molecule has 3 rings (SSSR count). The highest BCUT2D eigenvalue weighted by Crippen LogP contribution is 2.37. The van der Waals surface area contributed by atoms with E-state index in [4.69, 9.17) is 9.47 Å². The van der Waals surface area contributed by atoms with Crippen LogP contribution in [0.3, 0.4) is 0 Å². The first-order valence-electron chi connectivity index (χ1n) is 9.04. The number of hydrogen-bond acceptors (Lipinski definition) is 7. The third-order valence-corrected chi connectivity index (χ3v) is 5.17. The maximum Gasteiger partial charge on any atom is 0.315 e. The summed E-state index contributed by atoms with van der Waals surface area (Å²) in [5.74, 6) is -0.225. The predicted molar refractivity (Wildman–Crippen MR) is 97.5 cm³/mol. The van der Waals surface area contributed by atoms with E-state index in [1.165, 1.54) is 7.11 Å². The topological polar surface area (TPSA) is 93.9 Å². The first-order chi connectivity index (χ1) is 12.6. The average molecular weight is 363 g/mol. The number of rotatable bonds is 5. The average Bonchev–Trinajstić information content (AvgIpc) is 2.68. The number of hydrogen-bond donors (Lipinski definition) is 1. The zero-order valence-electron chi connectivity index (χ0n) is 15.0. The molecular formula is C18H25N3O5. The molecule has 0 spiro atoms. The molecule has 26 heavy (non-hydrogen) atoms. The monoisotopic (exact) mass is 363 g/mol. The van der Waals surface area contributed by atoms with Crippen molar-refractivity contribution in [1.29, 1.82) is 0 Å². The second kappa shape index (κ2) is 8.35. The number of benzene rings is 1. The van der Waals surface area contributed by atoms with E-state index in [0.717, 1.165) is 25.7 Å².